The third-order valence-electron chi connectivity index (χ3n) is 7.07. The fourth-order valence-electron chi connectivity index (χ4n) is 4.15. The maximum Gasteiger partial charge on any atom is 0.408 e. The molecule has 0 saturated carbocycles. The molecule has 1 saturated heterocycles. The topological polar surface area (TPSA) is 114 Å². The van der Waals surface area contributed by atoms with Crippen LogP contribution < -0.4 is 10.6 Å². The summed E-state index contributed by atoms with van der Waals surface area (Å²) in [5.74, 6) is -1.64. The molecule has 0 radical (unpaired) electrons. The van der Waals surface area contributed by atoms with Crippen molar-refractivity contribution in [1.82, 2.24) is 10.6 Å². The van der Waals surface area contributed by atoms with E-state index in [-0.39, 0.29) is 36.4 Å². The van der Waals surface area contributed by atoms with Crippen LogP contribution in [-0.4, -0.2) is 47.9 Å². The van der Waals surface area contributed by atoms with E-state index in [9.17, 15) is 19.2 Å². The van der Waals surface area contributed by atoms with E-state index in [2.05, 4.69) is 10.6 Å². The number of ketones is 2. The average molecular weight is 523 g/mol. The van der Waals surface area contributed by atoms with Crippen molar-refractivity contribution >= 4 is 23.6 Å². The number of alkyl carbamates (subject to hydrolysis) is 1. The maximum atomic E-state index is 13.5. The molecule has 0 spiro atoms. The number of amides is 2. The zero-order chi connectivity index (χ0) is 27.7. The molecule has 1 aliphatic heterocycles. The Hall–Kier alpha value is -3.52. The third kappa shape index (κ3) is 8.25. The Bertz CT molecular complexity index is 1100. The molecule has 0 bridgehead atoms. The standard InChI is InChI=1S/C30H38N2O6/c1-5-20(2)26(27(34)30(4)19-38-30)32-28(35)24(16-22-12-8-6-9-13-22)17-25(33)21(3)31-29(36)37-18-23-14-10-7-11-15-23/h6-15,20-21,24,26H,5,16-19H2,1-4H3,(H,31,36)(H,32,35)/t20-,21?,24-,26?,30?/m1/s1. The summed E-state index contributed by atoms with van der Waals surface area (Å²) in [6.45, 7) is 7.60. The van der Waals surface area contributed by atoms with Gasteiger partial charge in [0.25, 0.3) is 0 Å². The molecule has 0 aliphatic carbocycles. The first kappa shape index (κ1) is 29.0. The molecule has 2 aromatic rings. The van der Waals surface area contributed by atoms with Crippen LogP contribution in [-0.2, 0) is 36.9 Å². The van der Waals surface area contributed by atoms with Crippen molar-refractivity contribution in [2.24, 2.45) is 11.8 Å². The van der Waals surface area contributed by atoms with Gasteiger partial charge < -0.3 is 20.1 Å². The Morgan fingerprint density at radius 2 is 1.53 bits per heavy atom. The summed E-state index contributed by atoms with van der Waals surface area (Å²) in [7, 11) is 0. The summed E-state index contributed by atoms with van der Waals surface area (Å²) < 4.78 is 10.6. The van der Waals surface area contributed by atoms with Crippen LogP contribution in [0.3, 0.4) is 0 Å². The molecule has 2 N–H and O–H groups in total. The molecule has 5 atom stereocenters. The molecule has 8 nitrogen and oxygen atoms in total. The van der Waals surface area contributed by atoms with E-state index in [1.807, 2.05) is 74.5 Å². The Kier molecular flexibility index (Phi) is 10.2. The number of hydrogen-bond donors (Lipinski definition) is 2. The van der Waals surface area contributed by atoms with Gasteiger partial charge in [0.05, 0.1) is 18.7 Å². The fourth-order valence-corrected chi connectivity index (χ4v) is 4.15. The van der Waals surface area contributed by atoms with Crippen LogP contribution in [0, 0.1) is 11.8 Å². The van der Waals surface area contributed by atoms with Crippen LogP contribution in [0.15, 0.2) is 60.7 Å². The van der Waals surface area contributed by atoms with Crippen LogP contribution in [0.25, 0.3) is 0 Å². The van der Waals surface area contributed by atoms with Gasteiger partial charge in [0.2, 0.25) is 5.91 Å². The monoisotopic (exact) mass is 522 g/mol. The van der Waals surface area contributed by atoms with Gasteiger partial charge >= 0.3 is 6.09 Å². The summed E-state index contributed by atoms with van der Waals surface area (Å²) >= 11 is 0. The number of epoxide rings is 1. The zero-order valence-corrected chi connectivity index (χ0v) is 22.6. The number of carbonyl (C=O) groups excluding carboxylic acids is 4. The lowest BCUT2D eigenvalue weighted by molar-refractivity contribution is -0.135. The lowest BCUT2D eigenvalue weighted by Crippen LogP contribution is -2.52. The molecule has 1 heterocycles. The number of carbonyl (C=O) groups is 4. The van der Waals surface area contributed by atoms with Crippen molar-refractivity contribution in [3.05, 3.63) is 71.8 Å². The van der Waals surface area contributed by atoms with E-state index >= 15 is 0 Å². The molecular formula is C30H38N2O6. The number of rotatable bonds is 14. The Morgan fingerprint density at radius 1 is 0.947 bits per heavy atom. The van der Waals surface area contributed by atoms with Gasteiger partial charge in [-0.2, -0.15) is 0 Å². The molecule has 2 amide bonds. The highest BCUT2D eigenvalue weighted by Crippen LogP contribution is 2.30. The molecule has 38 heavy (non-hydrogen) atoms. The summed E-state index contributed by atoms with van der Waals surface area (Å²) in [4.78, 5) is 51.9. The van der Waals surface area contributed by atoms with E-state index in [4.69, 9.17) is 9.47 Å². The predicted molar refractivity (Wildman–Crippen MR) is 143 cm³/mol. The normalized spacial score (nSPS) is 19.4. The predicted octanol–water partition coefficient (Wildman–Crippen LogP) is 4.01. The van der Waals surface area contributed by atoms with E-state index in [1.165, 1.54) is 0 Å². The smallest absolute Gasteiger partial charge is 0.408 e. The first-order valence-corrected chi connectivity index (χ1v) is 13.2. The molecule has 8 heteroatoms. The molecule has 2 aromatic carbocycles. The molecule has 1 fully saturated rings. The van der Waals surface area contributed by atoms with Crippen molar-refractivity contribution in [1.29, 1.82) is 0 Å². The van der Waals surface area contributed by atoms with Crippen molar-refractivity contribution in [3.8, 4) is 0 Å². The fraction of sp³-hybridized carbons (Fsp3) is 0.467. The van der Waals surface area contributed by atoms with Gasteiger partial charge in [-0.15, -0.1) is 0 Å². The SMILES string of the molecule is CC[C@@H](C)C(NC(=O)[C@@H](CC(=O)C(C)NC(=O)OCc1ccccc1)Cc1ccccc1)C(=O)C1(C)CO1. The first-order chi connectivity index (χ1) is 18.1. The number of nitrogens with one attached hydrogen (secondary N) is 2. The van der Waals surface area contributed by atoms with Crippen LogP contribution in [0.4, 0.5) is 4.79 Å². The summed E-state index contributed by atoms with van der Waals surface area (Å²) in [6.07, 6.45) is 0.203. The lowest BCUT2D eigenvalue weighted by atomic mass is 9.87. The number of benzene rings is 2. The summed E-state index contributed by atoms with van der Waals surface area (Å²) in [5, 5.41) is 5.48. The van der Waals surface area contributed by atoms with Gasteiger partial charge in [-0.05, 0) is 37.3 Å². The highest BCUT2D eigenvalue weighted by Gasteiger charge is 2.51. The molecular weight excluding hydrogens is 484 g/mol. The van der Waals surface area contributed by atoms with Crippen LogP contribution in [0.5, 0.6) is 0 Å². The van der Waals surface area contributed by atoms with Crippen LogP contribution in [0.1, 0.15) is 51.7 Å². The molecule has 204 valence electrons. The Balaban J connectivity index is 1.66. The lowest BCUT2D eigenvalue weighted by Gasteiger charge is -2.27. The highest BCUT2D eigenvalue weighted by molar-refractivity contribution is 5.98. The minimum absolute atomic E-state index is 0.0836. The van der Waals surface area contributed by atoms with Crippen molar-refractivity contribution in [2.45, 2.75) is 71.2 Å². The number of hydrogen-bond acceptors (Lipinski definition) is 6. The average Bonchev–Trinajstić information content (AvgIpc) is 3.68. The number of ether oxygens (including phenoxy) is 2. The molecule has 3 unspecified atom stereocenters. The number of Topliss-reactive ketones (excluding diaryl/α,β-unsaturated/α-hetero) is 2. The van der Waals surface area contributed by atoms with Gasteiger partial charge in [-0.1, -0.05) is 80.9 Å². The van der Waals surface area contributed by atoms with Gasteiger partial charge in [0.1, 0.15) is 12.2 Å². The summed E-state index contributed by atoms with van der Waals surface area (Å²) in [5.41, 5.74) is 0.856. The van der Waals surface area contributed by atoms with E-state index < -0.39 is 29.7 Å². The quantitative estimate of drug-likeness (QED) is 0.363. The third-order valence-corrected chi connectivity index (χ3v) is 7.07. The van der Waals surface area contributed by atoms with Gasteiger partial charge in [0, 0.05) is 12.3 Å². The van der Waals surface area contributed by atoms with Gasteiger partial charge in [0.15, 0.2) is 11.6 Å². The molecule has 1 aliphatic rings. The first-order valence-electron chi connectivity index (χ1n) is 13.2. The van der Waals surface area contributed by atoms with E-state index in [0.717, 1.165) is 11.1 Å². The van der Waals surface area contributed by atoms with Crippen molar-refractivity contribution < 1.29 is 28.7 Å². The van der Waals surface area contributed by atoms with Crippen LogP contribution in [0.2, 0.25) is 0 Å². The minimum atomic E-state index is -0.870. The zero-order valence-electron chi connectivity index (χ0n) is 22.6. The van der Waals surface area contributed by atoms with Crippen molar-refractivity contribution in [3.63, 3.8) is 0 Å². The van der Waals surface area contributed by atoms with Gasteiger partial charge in [-0.25, -0.2) is 4.79 Å². The van der Waals surface area contributed by atoms with E-state index in [0.29, 0.717) is 19.4 Å². The van der Waals surface area contributed by atoms with Crippen LogP contribution >= 0.6 is 0 Å². The maximum absolute atomic E-state index is 13.5. The van der Waals surface area contributed by atoms with Crippen molar-refractivity contribution in [2.75, 3.05) is 6.61 Å². The Labute approximate surface area is 224 Å². The van der Waals surface area contributed by atoms with E-state index in [1.54, 1.807) is 13.8 Å². The summed E-state index contributed by atoms with van der Waals surface area (Å²) in [6, 6.07) is 17.1. The second-order valence-corrected chi connectivity index (χ2v) is 10.2. The highest BCUT2D eigenvalue weighted by atomic mass is 16.6. The molecule has 3 rings (SSSR count). The largest absolute Gasteiger partial charge is 0.445 e. The molecule has 0 aromatic heterocycles. The van der Waals surface area contributed by atoms with Gasteiger partial charge in [-0.3, -0.25) is 14.4 Å². The minimum Gasteiger partial charge on any atom is -0.445 e. The second kappa shape index (κ2) is 13.3. The Morgan fingerprint density at radius 3 is 2.08 bits per heavy atom. The second-order valence-electron chi connectivity index (χ2n) is 10.2.